The Balaban J connectivity index is 2.23. The van der Waals surface area contributed by atoms with Crippen molar-refractivity contribution in [2.75, 3.05) is 19.5 Å². The van der Waals surface area contributed by atoms with E-state index in [0.29, 0.717) is 0 Å². The highest BCUT2D eigenvalue weighted by atomic mass is 16.5. The van der Waals surface area contributed by atoms with Gasteiger partial charge in [-0.05, 0) is 47.7 Å². The maximum atomic E-state index is 5.88. The smallest absolute Gasteiger partial charge is 0.0502 e. The molecule has 0 unspecified atom stereocenters. The number of nitrogens with two attached hydrogens (primary N) is 1. The van der Waals surface area contributed by atoms with Crippen molar-refractivity contribution in [3.8, 4) is 11.1 Å². The van der Waals surface area contributed by atoms with Crippen LogP contribution in [0, 0.1) is 6.92 Å². The van der Waals surface area contributed by atoms with Gasteiger partial charge in [0.15, 0.2) is 0 Å². The van der Waals surface area contributed by atoms with Crippen LogP contribution in [0.4, 0.5) is 5.69 Å². The van der Waals surface area contributed by atoms with E-state index in [0.717, 1.165) is 18.7 Å². The minimum absolute atomic E-state index is 0.761. The molecule has 0 fully saturated rings. The van der Waals surface area contributed by atoms with Crippen molar-refractivity contribution in [3.63, 3.8) is 0 Å². The van der Waals surface area contributed by atoms with Crippen molar-refractivity contribution in [2.45, 2.75) is 13.3 Å². The van der Waals surface area contributed by atoms with E-state index in [1.54, 1.807) is 7.11 Å². The molecule has 0 aliphatic rings. The van der Waals surface area contributed by atoms with Crippen LogP contribution in [0.3, 0.4) is 0 Å². The first kappa shape index (κ1) is 12.7. The van der Waals surface area contributed by atoms with Gasteiger partial charge in [-0.1, -0.05) is 30.3 Å². The molecule has 0 saturated carbocycles. The van der Waals surface area contributed by atoms with E-state index < -0.39 is 0 Å². The normalized spacial score (nSPS) is 10.6. The summed E-state index contributed by atoms with van der Waals surface area (Å²) in [4.78, 5) is 0. The van der Waals surface area contributed by atoms with Crippen LogP contribution in [0.15, 0.2) is 42.5 Å². The molecule has 0 atom stereocenters. The Labute approximate surface area is 108 Å². The molecular weight excluding hydrogens is 222 g/mol. The van der Waals surface area contributed by atoms with E-state index in [-0.39, 0.29) is 0 Å². The second-order valence-corrected chi connectivity index (χ2v) is 4.57. The number of aryl methyl sites for hydroxylation is 1. The SMILES string of the molecule is COCCc1ccc(-c2cc(C)cc(N)c2)cc1. The Morgan fingerprint density at radius 3 is 2.33 bits per heavy atom. The first-order valence-electron chi connectivity index (χ1n) is 6.14. The van der Waals surface area contributed by atoms with E-state index in [9.17, 15) is 0 Å². The van der Waals surface area contributed by atoms with E-state index in [2.05, 4.69) is 37.3 Å². The van der Waals surface area contributed by atoms with Crippen LogP contribution in [0.2, 0.25) is 0 Å². The average Bonchev–Trinajstić information content (AvgIpc) is 2.36. The summed E-state index contributed by atoms with van der Waals surface area (Å²) in [5.74, 6) is 0. The lowest BCUT2D eigenvalue weighted by Crippen LogP contribution is -1.94. The van der Waals surface area contributed by atoms with Crippen molar-refractivity contribution >= 4 is 5.69 Å². The summed E-state index contributed by atoms with van der Waals surface area (Å²) in [5.41, 5.74) is 11.5. The Bertz CT molecular complexity index is 497. The molecule has 2 aromatic rings. The quantitative estimate of drug-likeness (QED) is 0.832. The fourth-order valence-corrected chi connectivity index (χ4v) is 2.06. The molecule has 2 rings (SSSR count). The standard InChI is InChI=1S/C16H19NO/c1-12-9-15(11-16(17)10-12)14-5-3-13(4-6-14)7-8-18-2/h3-6,9-11H,7-8,17H2,1-2H3. The number of anilines is 1. The molecule has 2 heteroatoms. The van der Waals surface area contributed by atoms with Gasteiger partial charge in [-0.25, -0.2) is 0 Å². The molecule has 18 heavy (non-hydrogen) atoms. The number of hydrogen-bond donors (Lipinski definition) is 1. The predicted octanol–water partition coefficient (Wildman–Crippen LogP) is 3.43. The van der Waals surface area contributed by atoms with Crippen LogP contribution < -0.4 is 5.73 Å². The summed E-state index contributed by atoms with van der Waals surface area (Å²) >= 11 is 0. The Morgan fingerprint density at radius 2 is 1.72 bits per heavy atom. The van der Waals surface area contributed by atoms with Gasteiger partial charge in [0.05, 0.1) is 6.61 Å². The first-order valence-corrected chi connectivity index (χ1v) is 6.14. The van der Waals surface area contributed by atoms with Crippen LogP contribution in [-0.2, 0) is 11.2 Å². The summed E-state index contributed by atoms with van der Waals surface area (Å²) in [6.45, 7) is 2.82. The van der Waals surface area contributed by atoms with E-state index in [1.165, 1.54) is 22.3 Å². The number of benzene rings is 2. The third-order valence-corrected chi connectivity index (χ3v) is 2.98. The van der Waals surface area contributed by atoms with Gasteiger partial charge < -0.3 is 10.5 Å². The summed E-state index contributed by atoms with van der Waals surface area (Å²) in [6.07, 6.45) is 0.951. The fourth-order valence-electron chi connectivity index (χ4n) is 2.06. The zero-order valence-electron chi connectivity index (χ0n) is 10.9. The molecule has 0 spiro atoms. The average molecular weight is 241 g/mol. The van der Waals surface area contributed by atoms with Gasteiger partial charge in [0, 0.05) is 12.8 Å². The highest BCUT2D eigenvalue weighted by Gasteiger charge is 2.00. The summed E-state index contributed by atoms with van der Waals surface area (Å²) in [5, 5.41) is 0. The zero-order chi connectivity index (χ0) is 13.0. The van der Waals surface area contributed by atoms with Gasteiger partial charge in [-0.15, -0.1) is 0 Å². The summed E-state index contributed by atoms with van der Waals surface area (Å²) < 4.78 is 5.08. The maximum Gasteiger partial charge on any atom is 0.0502 e. The lowest BCUT2D eigenvalue weighted by Gasteiger charge is -2.06. The molecule has 2 N–H and O–H groups in total. The molecule has 0 saturated heterocycles. The maximum absolute atomic E-state index is 5.88. The third-order valence-electron chi connectivity index (χ3n) is 2.98. The number of methoxy groups -OCH3 is 1. The van der Waals surface area contributed by atoms with E-state index in [1.807, 2.05) is 12.1 Å². The highest BCUT2D eigenvalue weighted by Crippen LogP contribution is 2.23. The number of hydrogen-bond acceptors (Lipinski definition) is 2. The summed E-state index contributed by atoms with van der Waals surface area (Å²) in [6, 6.07) is 14.7. The van der Waals surface area contributed by atoms with E-state index in [4.69, 9.17) is 10.5 Å². The molecular formula is C16H19NO. The number of rotatable bonds is 4. The highest BCUT2D eigenvalue weighted by molar-refractivity contribution is 5.68. The molecule has 0 bridgehead atoms. The fraction of sp³-hybridized carbons (Fsp3) is 0.250. The van der Waals surface area contributed by atoms with Crippen molar-refractivity contribution in [3.05, 3.63) is 53.6 Å². The van der Waals surface area contributed by atoms with Crippen molar-refractivity contribution in [2.24, 2.45) is 0 Å². The van der Waals surface area contributed by atoms with E-state index >= 15 is 0 Å². The largest absolute Gasteiger partial charge is 0.399 e. The van der Waals surface area contributed by atoms with Crippen LogP contribution in [0.25, 0.3) is 11.1 Å². The van der Waals surface area contributed by atoms with Gasteiger partial charge in [-0.3, -0.25) is 0 Å². The molecule has 0 amide bonds. The topological polar surface area (TPSA) is 35.2 Å². The van der Waals surface area contributed by atoms with Crippen molar-refractivity contribution in [1.29, 1.82) is 0 Å². The molecule has 0 aliphatic carbocycles. The Morgan fingerprint density at radius 1 is 1.00 bits per heavy atom. The van der Waals surface area contributed by atoms with Crippen molar-refractivity contribution in [1.82, 2.24) is 0 Å². The van der Waals surface area contributed by atoms with Gasteiger partial charge >= 0.3 is 0 Å². The lowest BCUT2D eigenvalue weighted by atomic mass is 10.0. The number of ether oxygens (including phenoxy) is 1. The van der Waals surface area contributed by atoms with Crippen LogP contribution in [-0.4, -0.2) is 13.7 Å². The van der Waals surface area contributed by atoms with Gasteiger partial charge in [0.1, 0.15) is 0 Å². The van der Waals surface area contributed by atoms with Crippen LogP contribution >= 0.6 is 0 Å². The van der Waals surface area contributed by atoms with Crippen molar-refractivity contribution < 1.29 is 4.74 Å². The lowest BCUT2D eigenvalue weighted by molar-refractivity contribution is 0.202. The molecule has 0 heterocycles. The van der Waals surface area contributed by atoms with Crippen LogP contribution in [0.5, 0.6) is 0 Å². The first-order chi connectivity index (χ1) is 8.69. The minimum atomic E-state index is 0.761. The molecule has 2 aromatic carbocycles. The van der Waals surface area contributed by atoms with Gasteiger partial charge in [0.2, 0.25) is 0 Å². The van der Waals surface area contributed by atoms with Crippen LogP contribution in [0.1, 0.15) is 11.1 Å². The number of nitrogen functional groups attached to an aromatic ring is 1. The Kier molecular flexibility index (Phi) is 4.00. The minimum Gasteiger partial charge on any atom is -0.399 e. The zero-order valence-corrected chi connectivity index (χ0v) is 10.9. The molecule has 94 valence electrons. The monoisotopic (exact) mass is 241 g/mol. The summed E-state index contributed by atoms with van der Waals surface area (Å²) in [7, 11) is 1.73. The third kappa shape index (κ3) is 3.11. The Hall–Kier alpha value is -1.80. The predicted molar refractivity (Wildman–Crippen MR) is 76.6 cm³/mol. The second kappa shape index (κ2) is 5.69. The molecule has 2 nitrogen and oxygen atoms in total. The second-order valence-electron chi connectivity index (χ2n) is 4.57. The van der Waals surface area contributed by atoms with Gasteiger partial charge in [0.25, 0.3) is 0 Å². The molecule has 0 aliphatic heterocycles. The molecule has 0 radical (unpaired) electrons. The van der Waals surface area contributed by atoms with Gasteiger partial charge in [-0.2, -0.15) is 0 Å². The molecule has 0 aromatic heterocycles.